The van der Waals surface area contributed by atoms with Gasteiger partial charge in [0, 0.05) is 4.88 Å². The number of hydrogen-bond donors (Lipinski definition) is 1. The lowest BCUT2D eigenvalue weighted by molar-refractivity contribution is 0.534. The Kier molecular flexibility index (Phi) is 5.44. The molecule has 0 fully saturated rings. The zero-order chi connectivity index (χ0) is 22.2. The van der Waals surface area contributed by atoms with Crippen LogP contribution in [-0.2, 0) is 12.3 Å². The smallest absolute Gasteiger partial charge is 0.259 e. The van der Waals surface area contributed by atoms with Gasteiger partial charge in [-0.3, -0.25) is 9.36 Å². The van der Waals surface area contributed by atoms with Crippen molar-refractivity contribution in [3.8, 4) is 11.4 Å². The van der Waals surface area contributed by atoms with E-state index < -0.39 is 0 Å². The summed E-state index contributed by atoms with van der Waals surface area (Å²) >= 11 is 3.06. The number of hydrogen-bond acceptors (Lipinski definition) is 7. The molecule has 0 aliphatic heterocycles. The lowest BCUT2D eigenvalue weighted by atomic mass is 10.2. The topological polar surface area (TPSA) is 89.6 Å². The zero-order valence-electron chi connectivity index (χ0n) is 17.9. The van der Waals surface area contributed by atoms with E-state index in [1.807, 2.05) is 45.0 Å². The van der Waals surface area contributed by atoms with E-state index in [1.54, 1.807) is 17.6 Å². The standard InChI is InChI=1S/C23H21N5O2S2/c1-13-15(3)32-22-19(13)21(29)24-18(25-22)12-31-23-27-26-20(17-9-10-30-14(17)2)28(23)11-16-7-5-4-6-8-16/h4-10H,11-12H2,1-3H3,(H,24,25,29). The van der Waals surface area contributed by atoms with Crippen LogP contribution < -0.4 is 5.56 Å². The average molecular weight is 464 g/mol. The number of aromatic nitrogens is 5. The highest BCUT2D eigenvalue weighted by atomic mass is 32.2. The van der Waals surface area contributed by atoms with Crippen molar-refractivity contribution < 1.29 is 4.42 Å². The van der Waals surface area contributed by atoms with Crippen molar-refractivity contribution in [2.24, 2.45) is 0 Å². The SMILES string of the molecule is Cc1occc1-c1nnc(SCc2nc3sc(C)c(C)c3c(=O)[nH]2)n1Cc1ccccc1. The first-order chi connectivity index (χ1) is 15.5. The number of aromatic amines is 1. The summed E-state index contributed by atoms with van der Waals surface area (Å²) in [4.78, 5) is 22.1. The second-order valence-electron chi connectivity index (χ2n) is 7.53. The second-order valence-corrected chi connectivity index (χ2v) is 9.68. The van der Waals surface area contributed by atoms with E-state index in [9.17, 15) is 4.79 Å². The molecular formula is C23H21N5O2S2. The number of H-pyrrole nitrogens is 1. The van der Waals surface area contributed by atoms with Crippen molar-refractivity contribution >= 4 is 33.3 Å². The van der Waals surface area contributed by atoms with Gasteiger partial charge in [-0.2, -0.15) is 0 Å². The average Bonchev–Trinajstić information content (AvgIpc) is 3.45. The third kappa shape index (κ3) is 3.78. The Morgan fingerprint density at radius 3 is 2.69 bits per heavy atom. The molecular weight excluding hydrogens is 442 g/mol. The van der Waals surface area contributed by atoms with Gasteiger partial charge in [-0.1, -0.05) is 42.1 Å². The molecule has 0 bridgehead atoms. The largest absolute Gasteiger partial charge is 0.469 e. The van der Waals surface area contributed by atoms with E-state index in [-0.39, 0.29) is 5.56 Å². The Labute approximate surface area is 192 Å². The van der Waals surface area contributed by atoms with Crippen molar-refractivity contribution in [2.75, 3.05) is 0 Å². The minimum atomic E-state index is -0.0899. The quantitative estimate of drug-likeness (QED) is 0.352. The summed E-state index contributed by atoms with van der Waals surface area (Å²) in [6.07, 6.45) is 1.66. The van der Waals surface area contributed by atoms with E-state index in [4.69, 9.17) is 4.42 Å². The van der Waals surface area contributed by atoms with Gasteiger partial charge in [0.05, 0.1) is 29.5 Å². The van der Waals surface area contributed by atoms with Crippen LogP contribution in [0.15, 0.2) is 57.0 Å². The van der Waals surface area contributed by atoms with Gasteiger partial charge >= 0.3 is 0 Å². The van der Waals surface area contributed by atoms with Crippen molar-refractivity contribution in [1.29, 1.82) is 0 Å². The van der Waals surface area contributed by atoms with Crippen molar-refractivity contribution in [3.05, 3.63) is 80.6 Å². The number of thioether (sulfide) groups is 1. The molecule has 0 amide bonds. The number of nitrogens with one attached hydrogen (secondary N) is 1. The van der Waals surface area contributed by atoms with E-state index >= 15 is 0 Å². The van der Waals surface area contributed by atoms with Crippen LogP contribution in [0.25, 0.3) is 21.6 Å². The van der Waals surface area contributed by atoms with E-state index in [0.29, 0.717) is 23.5 Å². The molecule has 0 saturated heterocycles. The van der Waals surface area contributed by atoms with E-state index in [2.05, 4.69) is 36.9 Å². The highest BCUT2D eigenvalue weighted by Crippen LogP contribution is 2.30. The molecule has 32 heavy (non-hydrogen) atoms. The molecule has 9 heteroatoms. The summed E-state index contributed by atoms with van der Waals surface area (Å²) in [5, 5.41) is 10.3. The van der Waals surface area contributed by atoms with Crippen LogP contribution in [0.4, 0.5) is 0 Å². The molecule has 5 aromatic rings. The minimum absolute atomic E-state index is 0.0899. The maximum Gasteiger partial charge on any atom is 0.259 e. The monoisotopic (exact) mass is 463 g/mol. The first kappa shape index (κ1) is 20.7. The summed E-state index contributed by atoms with van der Waals surface area (Å²) in [6.45, 7) is 6.52. The molecule has 4 aromatic heterocycles. The van der Waals surface area contributed by atoms with Crippen LogP contribution in [0.5, 0.6) is 0 Å². The fourth-order valence-electron chi connectivity index (χ4n) is 3.62. The molecule has 0 atom stereocenters. The number of benzene rings is 1. The Hall–Kier alpha value is -3.17. The minimum Gasteiger partial charge on any atom is -0.469 e. The fourth-order valence-corrected chi connectivity index (χ4v) is 5.48. The molecule has 0 radical (unpaired) electrons. The molecule has 0 aliphatic rings. The number of rotatable bonds is 6. The number of nitrogens with zero attached hydrogens (tertiary/aromatic N) is 4. The van der Waals surface area contributed by atoms with E-state index in [1.165, 1.54) is 11.8 Å². The molecule has 1 N–H and O–H groups in total. The maximum absolute atomic E-state index is 12.6. The third-order valence-corrected chi connectivity index (χ3v) is 7.51. The molecule has 1 aromatic carbocycles. The van der Waals surface area contributed by atoms with Gasteiger partial charge in [-0.05, 0) is 38.0 Å². The summed E-state index contributed by atoms with van der Waals surface area (Å²) < 4.78 is 7.57. The molecule has 7 nitrogen and oxygen atoms in total. The van der Waals surface area contributed by atoms with Gasteiger partial charge in [0.2, 0.25) is 0 Å². The molecule has 0 unspecified atom stereocenters. The van der Waals surface area contributed by atoms with Gasteiger partial charge in [0.25, 0.3) is 5.56 Å². The molecule has 4 heterocycles. The Bertz CT molecular complexity index is 1460. The third-order valence-electron chi connectivity index (χ3n) is 5.43. The summed E-state index contributed by atoms with van der Waals surface area (Å²) in [5.74, 6) is 2.66. The van der Waals surface area contributed by atoms with E-state index in [0.717, 1.165) is 43.1 Å². The lowest BCUT2D eigenvalue weighted by Crippen LogP contribution is -2.11. The number of aryl methyl sites for hydroxylation is 3. The molecule has 162 valence electrons. The highest BCUT2D eigenvalue weighted by molar-refractivity contribution is 7.98. The van der Waals surface area contributed by atoms with Gasteiger partial charge < -0.3 is 9.40 Å². The lowest BCUT2D eigenvalue weighted by Gasteiger charge is -2.10. The molecule has 0 aliphatic carbocycles. The first-order valence-corrected chi connectivity index (χ1v) is 11.9. The molecule has 0 saturated carbocycles. The van der Waals surface area contributed by atoms with Crippen LogP contribution in [-0.4, -0.2) is 24.7 Å². The van der Waals surface area contributed by atoms with Gasteiger partial charge in [0.15, 0.2) is 11.0 Å². The summed E-state index contributed by atoms with van der Waals surface area (Å²) in [7, 11) is 0. The highest BCUT2D eigenvalue weighted by Gasteiger charge is 2.19. The zero-order valence-corrected chi connectivity index (χ0v) is 19.5. The van der Waals surface area contributed by atoms with Crippen LogP contribution in [0.2, 0.25) is 0 Å². The predicted molar refractivity (Wildman–Crippen MR) is 127 cm³/mol. The van der Waals surface area contributed by atoms with Crippen molar-refractivity contribution in [3.63, 3.8) is 0 Å². The number of thiophene rings is 1. The predicted octanol–water partition coefficient (Wildman–Crippen LogP) is 5.10. The Morgan fingerprint density at radius 2 is 1.94 bits per heavy atom. The normalized spacial score (nSPS) is 11.5. The second kappa shape index (κ2) is 8.40. The molecule has 0 spiro atoms. The first-order valence-electron chi connectivity index (χ1n) is 10.1. The number of fused-ring (bicyclic) bond motifs is 1. The summed E-state index contributed by atoms with van der Waals surface area (Å²) in [5.41, 5.74) is 2.97. The van der Waals surface area contributed by atoms with Gasteiger partial charge in [-0.15, -0.1) is 21.5 Å². The van der Waals surface area contributed by atoms with Crippen LogP contribution in [0, 0.1) is 20.8 Å². The van der Waals surface area contributed by atoms with Crippen molar-refractivity contribution in [2.45, 2.75) is 38.2 Å². The van der Waals surface area contributed by atoms with Crippen LogP contribution in [0.3, 0.4) is 0 Å². The van der Waals surface area contributed by atoms with Gasteiger partial charge in [0.1, 0.15) is 16.4 Å². The molecule has 5 rings (SSSR count). The Morgan fingerprint density at radius 1 is 1.12 bits per heavy atom. The fraction of sp³-hybridized carbons (Fsp3) is 0.217. The van der Waals surface area contributed by atoms with Crippen LogP contribution >= 0.6 is 23.1 Å². The maximum atomic E-state index is 12.6. The number of furan rings is 1. The van der Waals surface area contributed by atoms with Crippen molar-refractivity contribution in [1.82, 2.24) is 24.7 Å². The summed E-state index contributed by atoms with van der Waals surface area (Å²) in [6, 6.07) is 12.1. The van der Waals surface area contributed by atoms with Gasteiger partial charge in [-0.25, -0.2) is 4.98 Å². The Balaban J connectivity index is 1.48. The van der Waals surface area contributed by atoms with Crippen LogP contribution in [0.1, 0.15) is 27.6 Å².